The van der Waals surface area contributed by atoms with Crippen LogP contribution >= 0.6 is 0 Å². The molecule has 0 aromatic heterocycles. The van der Waals surface area contributed by atoms with Crippen molar-refractivity contribution >= 4 is 11.6 Å². The van der Waals surface area contributed by atoms with Crippen molar-refractivity contribution in [1.29, 1.82) is 0 Å². The first-order valence-electron chi connectivity index (χ1n) is 6.29. The van der Waals surface area contributed by atoms with Crippen LogP contribution in [-0.2, 0) is 0 Å². The third kappa shape index (κ3) is 2.73. The van der Waals surface area contributed by atoms with Gasteiger partial charge in [0, 0.05) is 42.9 Å². The van der Waals surface area contributed by atoms with Crippen LogP contribution in [0, 0.1) is 10.1 Å². The molecule has 19 heavy (non-hydrogen) atoms. The highest BCUT2D eigenvalue weighted by Crippen LogP contribution is 2.18. The van der Waals surface area contributed by atoms with Crippen LogP contribution in [0.4, 0.5) is 5.69 Å². The Morgan fingerprint density at radius 3 is 2.89 bits per heavy atom. The third-order valence-electron chi connectivity index (χ3n) is 3.60. The number of nitrogens with zero attached hydrogens (tertiary/aromatic N) is 2. The van der Waals surface area contributed by atoms with E-state index in [9.17, 15) is 14.9 Å². The molecular formula is C13H17N3O3. The highest BCUT2D eigenvalue weighted by atomic mass is 16.6. The van der Waals surface area contributed by atoms with Crippen LogP contribution < -0.4 is 5.32 Å². The lowest BCUT2D eigenvalue weighted by atomic mass is 10.1. The van der Waals surface area contributed by atoms with Gasteiger partial charge in [-0.2, -0.15) is 0 Å². The van der Waals surface area contributed by atoms with Gasteiger partial charge in [0.2, 0.25) is 0 Å². The summed E-state index contributed by atoms with van der Waals surface area (Å²) < 4.78 is 0. The number of benzene rings is 1. The van der Waals surface area contributed by atoms with Gasteiger partial charge < -0.3 is 10.2 Å². The Hall–Kier alpha value is -1.95. The van der Waals surface area contributed by atoms with Crippen LogP contribution in [0.25, 0.3) is 0 Å². The predicted molar refractivity (Wildman–Crippen MR) is 71.1 cm³/mol. The fraction of sp³-hybridized carbons (Fsp3) is 0.462. The average molecular weight is 263 g/mol. The molecule has 102 valence electrons. The standard InChI is InChI=1S/C13H17N3O3/c1-9-10(2)15(7-6-14-9)13(17)11-4-3-5-12(8-11)16(18)19/h3-5,8-10,14H,6-7H2,1-2H3. The number of amides is 1. The van der Waals surface area contributed by atoms with Crippen LogP contribution in [0.1, 0.15) is 24.2 Å². The fourth-order valence-electron chi connectivity index (χ4n) is 2.26. The third-order valence-corrected chi connectivity index (χ3v) is 3.60. The molecule has 6 nitrogen and oxygen atoms in total. The van der Waals surface area contributed by atoms with Crippen molar-refractivity contribution in [1.82, 2.24) is 10.2 Å². The lowest BCUT2D eigenvalue weighted by Gasteiger charge is -2.38. The first-order chi connectivity index (χ1) is 9.00. The summed E-state index contributed by atoms with van der Waals surface area (Å²) in [5, 5.41) is 14.0. The van der Waals surface area contributed by atoms with Gasteiger partial charge >= 0.3 is 0 Å². The quantitative estimate of drug-likeness (QED) is 0.646. The summed E-state index contributed by atoms with van der Waals surface area (Å²) in [7, 11) is 0. The Morgan fingerprint density at radius 2 is 2.21 bits per heavy atom. The number of hydrogen-bond acceptors (Lipinski definition) is 4. The molecule has 2 rings (SSSR count). The van der Waals surface area contributed by atoms with Crippen molar-refractivity contribution in [3.63, 3.8) is 0 Å². The molecule has 1 fully saturated rings. The summed E-state index contributed by atoms with van der Waals surface area (Å²) in [6.07, 6.45) is 0. The number of rotatable bonds is 2. The second-order valence-corrected chi connectivity index (χ2v) is 4.79. The molecule has 0 radical (unpaired) electrons. The van der Waals surface area contributed by atoms with Crippen molar-refractivity contribution in [2.45, 2.75) is 25.9 Å². The number of carbonyl (C=O) groups is 1. The summed E-state index contributed by atoms with van der Waals surface area (Å²) in [6, 6.07) is 6.18. The minimum atomic E-state index is -0.486. The van der Waals surface area contributed by atoms with E-state index in [-0.39, 0.29) is 23.7 Å². The van der Waals surface area contributed by atoms with Gasteiger partial charge in [-0.3, -0.25) is 14.9 Å². The first-order valence-corrected chi connectivity index (χ1v) is 6.29. The minimum Gasteiger partial charge on any atom is -0.333 e. The van der Waals surface area contributed by atoms with Gasteiger partial charge in [0.1, 0.15) is 0 Å². The van der Waals surface area contributed by atoms with Crippen LogP contribution in [0.5, 0.6) is 0 Å². The molecular weight excluding hydrogens is 246 g/mol. The predicted octanol–water partition coefficient (Wildman–Crippen LogP) is 1.42. The maximum Gasteiger partial charge on any atom is 0.270 e. The van der Waals surface area contributed by atoms with Gasteiger partial charge in [0.25, 0.3) is 11.6 Å². The Bertz CT molecular complexity index is 504. The number of nitrogens with one attached hydrogen (secondary N) is 1. The van der Waals surface area contributed by atoms with E-state index in [0.717, 1.165) is 6.54 Å². The van der Waals surface area contributed by atoms with Crippen molar-refractivity contribution in [3.05, 3.63) is 39.9 Å². The first kappa shape index (κ1) is 13.5. The van der Waals surface area contributed by atoms with Gasteiger partial charge in [-0.15, -0.1) is 0 Å². The molecule has 1 aliphatic rings. The molecule has 2 unspecified atom stereocenters. The highest BCUT2D eigenvalue weighted by molar-refractivity contribution is 5.95. The van der Waals surface area contributed by atoms with Crippen LogP contribution in [-0.4, -0.2) is 40.9 Å². The lowest BCUT2D eigenvalue weighted by molar-refractivity contribution is -0.384. The molecule has 1 aliphatic heterocycles. The molecule has 1 heterocycles. The smallest absolute Gasteiger partial charge is 0.270 e. The normalized spacial score (nSPS) is 23.2. The summed E-state index contributed by atoms with van der Waals surface area (Å²) in [4.78, 5) is 24.4. The van der Waals surface area contributed by atoms with Gasteiger partial charge in [0.05, 0.1) is 4.92 Å². The molecule has 0 saturated carbocycles. The average Bonchev–Trinajstić information content (AvgIpc) is 2.41. The van der Waals surface area contributed by atoms with Crippen molar-refractivity contribution < 1.29 is 9.72 Å². The van der Waals surface area contributed by atoms with Crippen LogP contribution in [0.3, 0.4) is 0 Å². The molecule has 1 saturated heterocycles. The second-order valence-electron chi connectivity index (χ2n) is 4.79. The van der Waals surface area contributed by atoms with Crippen molar-refractivity contribution in [2.75, 3.05) is 13.1 Å². The zero-order chi connectivity index (χ0) is 14.0. The number of piperazine rings is 1. The lowest BCUT2D eigenvalue weighted by Crippen LogP contribution is -2.57. The largest absolute Gasteiger partial charge is 0.333 e. The summed E-state index contributed by atoms with van der Waals surface area (Å²) in [6.45, 7) is 5.36. The number of non-ortho nitro benzene ring substituents is 1. The molecule has 2 atom stereocenters. The number of hydrogen-bond donors (Lipinski definition) is 1. The molecule has 0 bridgehead atoms. The molecule has 1 aromatic rings. The topological polar surface area (TPSA) is 75.5 Å². The SMILES string of the molecule is CC1NCCN(C(=O)c2cccc([N+](=O)[O-])c2)C1C. The van der Waals surface area contributed by atoms with Crippen molar-refractivity contribution in [3.8, 4) is 0 Å². The summed E-state index contributed by atoms with van der Waals surface area (Å²) in [5.41, 5.74) is 0.317. The number of nitro benzene ring substituents is 1. The number of nitro groups is 1. The zero-order valence-corrected chi connectivity index (χ0v) is 11.0. The molecule has 1 aromatic carbocycles. The van der Waals surface area contributed by atoms with Crippen LogP contribution in [0.2, 0.25) is 0 Å². The Kier molecular flexibility index (Phi) is 3.80. The molecule has 1 amide bonds. The maximum absolute atomic E-state index is 12.4. The molecule has 1 N–H and O–H groups in total. The van der Waals surface area contributed by atoms with Gasteiger partial charge in [0.15, 0.2) is 0 Å². The van der Waals surface area contributed by atoms with E-state index in [2.05, 4.69) is 5.32 Å². The highest BCUT2D eigenvalue weighted by Gasteiger charge is 2.29. The summed E-state index contributed by atoms with van der Waals surface area (Å²) in [5.74, 6) is -0.149. The maximum atomic E-state index is 12.4. The monoisotopic (exact) mass is 263 g/mol. The van der Waals surface area contributed by atoms with E-state index < -0.39 is 4.92 Å². The Balaban J connectivity index is 2.23. The van der Waals surface area contributed by atoms with Gasteiger partial charge in [-0.05, 0) is 19.9 Å². The zero-order valence-electron chi connectivity index (χ0n) is 11.0. The molecule has 0 aliphatic carbocycles. The van der Waals surface area contributed by atoms with Gasteiger partial charge in [-0.1, -0.05) is 6.07 Å². The van der Waals surface area contributed by atoms with E-state index in [1.165, 1.54) is 12.1 Å². The second kappa shape index (κ2) is 5.36. The van der Waals surface area contributed by atoms with Crippen LogP contribution in [0.15, 0.2) is 24.3 Å². The number of carbonyl (C=O) groups excluding carboxylic acids is 1. The Morgan fingerprint density at radius 1 is 1.47 bits per heavy atom. The molecule has 6 heteroatoms. The van der Waals surface area contributed by atoms with Crippen molar-refractivity contribution in [2.24, 2.45) is 0 Å². The summed E-state index contributed by atoms with van der Waals surface area (Å²) >= 11 is 0. The minimum absolute atomic E-state index is 0.0540. The molecule has 0 spiro atoms. The van der Waals surface area contributed by atoms with E-state index in [1.54, 1.807) is 17.0 Å². The fourth-order valence-corrected chi connectivity index (χ4v) is 2.26. The van der Waals surface area contributed by atoms with E-state index in [0.29, 0.717) is 12.1 Å². The van der Waals surface area contributed by atoms with Gasteiger partial charge in [-0.25, -0.2) is 0 Å². The van der Waals surface area contributed by atoms with E-state index >= 15 is 0 Å². The van der Waals surface area contributed by atoms with E-state index in [1.807, 2.05) is 13.8 Å². The Labute approximate surface area is 111 Å². The van der Waals surface area contributed by atoms with E-state index in [4.69, 9.17) is 0 Å².